The van der Waals surface area contributed by atoms with Crippen LogP contribution in [0.1, 0.15) is 15.2 Å². The first-order chi connectivity index (χ1) is 14.2. The number of amides is 1. The maximum absolute atomic E-state index is 13.6. The number of carbonyl (C=O) groups is 1. The molecule has 0 atom stereocenters. The summed E-state index contributed by atoms with van der Waals surface area (Å²) < 4.78 is 19.1. The summed E-state index contributed by atoms with van der Waals surface area (Å²) in [6.45, 7) is 0.205. The summed E-state index contributed by atoms with van der Waals surface area (Å²) >= 11 is 1.33. The van der Waals surface area contributed by atoms with Gasteiger partial charge in [-0.25, -0.2) is 4.39 Å². The van der Waals surface area contributed by atoms with Crippen molar-refractivity contribution in [2.45, 2.75) is 6.61 Å². The molecule has 0 aliphatic heterocycles. The van der Waals surface area contributed by atoms with E-state index in [1.54, 1.807) is 24.3 Å². The van der Waals surface area contributed by atoms with Crippen LogP contribution in [-0.4, -0.2) is 5.91 Å². The molecule has 1 N–H and O–H groups in total. The van der Waals surface area contributed by atoms with E-state index in [1.165, 1.54) is 17.4 Å². The summed E-state index contributed by atoms with van der Waals surface area (Å²) in [7, 11) is 0. The van der Waals surface area contributed by atoms with Gasteiger partial charge < -0.3 is 10.1 Å². The molecule has 0 aliphatic rings. The number of hydrogen-bond acceptors (Lipinski definition) is 3. The van der Waals surface area contributed by atoms with E-state index in [2.05, 4.69) is 5.32 Å². The molecule has 1 amide bonds. The summed E-state index contributed by atoms with van der Waals surface area (Å²) in [5, 5.41) is 4.75. The van der Waals surface area contributed by atoms with Crippen molar-refractivity contribution >= 4 is 22.9 Å². The second kappa shape index (κ2) is 8.71. The number of ether oxygens (including phenoxy) is 1. The third-order valence-corrected chi connectivity index (χ3v) is 5.34. The van der Waals surface area contributed by atoms with Gasteiger partial charge in [0.15, 0.2) is 11.6 Å². The number of halogens is 1. The zero-order valence-corrected chi connectivity index (χ0v) is 16.3. The lowest BCUT2D eigenvalue weighted by atomic mass is 10.1. The van der Waals surface area contributed by atoms with E-state index >= 15 is 0 Å². The predicted molar refractivity (Wildman–Crippen MR) is 115 cm³/mol. The highest BCUT2D eigenvalue weighted by Gasteiger charge is 2.11. The highest BCUT2D eigenvalue weighted by atomic mass is 32.1. The topological polar surface area (TPSA) is 38.3 Å². The van der Waals surface area contributed by atoms with E-state index in [9.17, 15) is 9.18 Å². The first-order valence-electron chi connectivity index (χ1n) is 9.10. The number of rotatable bonds is 6. The van der Waals surface area contributed by atoms with Gasteiger partial charge in [-0.2, -0.15) is 0 Å². The Labute approximate surface area is 172 Å². The number of benzene rings is 3. The van der Waals surface area contributed by atoms with Crippen molar-refractivity contribution in [2.75, 3.05) is 5.32 Å². The Bertz CT molecular complexity index is 1110. The van der Waals surface area contributed by atoms with Crippen molar-refractivity contribution in [3.63, 3.8) is 0 Å². The number of hydrogen-bond donors (Lipinski definition) is 1. The summed E-state index contributed by atoms with van der Waals surface area (Å²) in [4.78, 5) is 13.1. The van der Waals surface area contributed by atoms with E-state index in [0.29, 0.717) is 4.88 Å². The third kappa shape index (κ3) is 4.70. The van der Waals surface area contributed by atoms with Crippen LogP contribution in [-0.2, 0) is 6.61 Å². The Hall–Kier alpha value is -3.44. The lowest BCUT2D eigenvalue weighted by molar-refractivity contribution is 0.103. The quantitative estimate of drug-likeness (QED) is 0.405. The first-order valence-corrected chi connectivity index (χ1v) is 9.98. The lowest BCUT2D eigenvalue weighted by Crippen LogP contribution is -2.10. The molecule has 0 fully saturated rings. The van der Waals surface area contributed by atoms with Gasteiger partial charge in [0.1, 0.15) is 6.61 Å². The van der Waals surface area contributed by atoms with Crippen LogP contribution >= 0.6 is 11.3 Å². The van der Waals surface area contributed by atoms with Crippen molar-refractivity contribution in [1.82, 2.24) is 0 Å². The van der Waals surface area contributed by atoms with Crippen LogP contribution in [0.2, 0.25) is 0 Å². The van der Waals surface area contributed by atoms with E-state index < -0.39 is 5.82 Å². The van der Waals surface area contributed by atoms with Gasteiger partial charge in [0.2, 0.25) is 0 Å². The summed E-state index contributed by atoms with van der Waals surface area (Å²) in [6, 6.07) is 25.8. The molecule has 0 saturated carbocycles. The molecule has 4 aromatic rings. The van der Waals surface area contributed by atoms with Crippen molar-refractivity contribution < 1.29 is 13.9 Å². The van der Waals surface area contributed by atoms with E-state index in [4.69, 9.17) is 4.74 Å². The van der Waals surface area contributed by atoms with Crippen LogP contribution in [0.25, 0.3) is 11.1 Å². The average molecular weight is 403 g/mol. The fraction of sp³-hybridized carbons (Fsp3) is 0.0417. The first kappa shape index (κ1) is 18.9. The van der Waals surface area contributed by atoms with E-state index in [-0.39, 0.29) is 18.3 Å². The van der Waals surface area contributed by atoms with Gasteiger partial charge in [0, 0.05) is 11.3 Å². The van der Waals surface area contributed by atoms with E-state index in [0.717, 1.165) is 22.4 Å². The Kier molecular flexibility index (Phi) is 5.68. The van der Waals surface area contributed by atoms with Crippen molar-refractivity contribution in [3.05, 3.63) is 107 Å². The third-order valence-electron chi connectivity index (χ3n) is 4.36. The molecule has 29 heavy (non-hydrogen) atoms. The fourth-order valence-corrected chi connectivity index (χ4v) is 3.65. The SMILES string of the molecule is O=C(Nc1ccc(-c2ccccc2)cc1)c1cc(COc2ccccc2F)cs1. The number of nitrogens with one attached hydrogen (secondary N) is 1. The molecular formula is C24H18FNO2S. The second-order valence-electron chi connectivity index (χ2n) is 6.44. The van der Waals surface area contributed by atoms with E-state index in [1.807, 2.05) is 60.0 Å². The van der Waals surface area contributed by atoms with Crippen LogP contribution in [0.3, 0.4) is 0 Å². The molecule has 0 saturated heterocycles. The average Bonchev–Trinajstić information content (AvgIpc) is 3.24. The van der Waals surface area contributed by atoms with Gasteiger partial charge >= 0.3 is 0 Å². The Balaban J connectivity index is 1.37. The molecule has 5 heteroatoms. The van der Waals surface area contributed by atoms with Gasteiger partial charge in [0.05, 0.1) is 4.88 Å². The van der Waals surface area contributed by atoms with Crippen LogP contribution in [0.15, 0.2) is 90.3 Å². The standard InChI is InChI=1S/C24H18FNO2S/c25-21-8-4-5-9-22(21)28-15-17-14-23(29-16-17)24(27)26-20-12-10-19(11-13-20)18-6-2-1-3-7-18/h1-14,16H,15H2,(H,26,27). The molecule has 0 bridgehead atoms. The van der Waals surface area contributed by atoms with Gasteiger partial charge in [-0.15, -0.1) is 11.3 Å². The summed E-state index contributed by atoms with van der Waals surface area (Å²) in [5.41, 5.74) is 3.77. The molecule has 0 spiro atoms. The predicted octanol–water partition coefficient (Wildman–Crippen LogP) is 6.39. The van der Waals surface area contributed by atoms with Crippen LogP contribution in [0.4, 0.5) is 10.1 Å². The number of para-hydroxylation sites is 1. The maximum atomic E-state index is 13.6. The molecule has 0 aliphatic carbocycles. The smallest absolute Gasteiger partial charge is 0.265 e. The minimum Gasteiger partial charge on any atom is -0.486 e. The molecule has 144 valence electrons. The number of thiophene rings is 1. The Morgan fingerprint density at radius 3 is 2.34 bits per heavy atom. The second-order valence-corrected chi connectivity index (χ2v) is 7.35. The Morgan fingerprint density at radius 1 is 0.897 bits per heavy atom. The lowest BCUT2D eigenvalue weighted by Gasteiger charge is -2.06. The summed E-state index contributed by atoms with van der Waals surface area (Å²) in [5.74, 6) is -0.387. The number of anilines is 1. The zero-order valence-electron chi connectivity index (χ0n) is 15.5. The zero-order chi connectivity index (χ0) is 20.1. The highest BCUT2D eigenvalue weighted by Crippen LogP contribution is 2.23. The largest absolute Gasteiger partial charge is 0.486 e. The molecule has 4 rings (SSSR count). The van der Waals surface area contributed by atoms with Crippen molar-refractivity contribution in [3.8, 4) is 16.9 Å². The Morgan fingerprint density at radius 2 is 1.59 bits per heavy atom. The van der Waals surface area contributed by atoms with Crippen LogP contribution in [0, 0.1) is 5.82 Å². The van der Waals surface area contributed by atoms with Crippen molar-refractivity contribution in [1.29, 1.82) is 0 Å². The molecule has 3 aromatic carbocycles. The molecule has 0 unspecified atom stereocenters. The van der Waals surface area contributed by atoms with Gasteiger partial charge in [-0.3, -0.25) is 4.79 Å². The van der Waals surface area contributed by atoms with Crippen LogP contribution < -0.4 is 10.1 Å². The fourth-order valence-electron chi connectivity index (χ4n) is 2.86. The monoisotopic (exact) mass is 403 g/mol. The van der Waals surface area contributed by atoms with Gasteiger partial charge in [0.25, 0.3) is 5.91 Å². The molecule has 1 aromatic heterocycles. The van der Waals surface area contributed by atoms with Gasteiger partial charge in [-0.1, -0.05) is 54.6 Å². The molecule has 3 nitrogen and oxygen atoms in total. The van der Waals surface area contributed by atoms with Crippen LogP contribution in [0.5, 0.6) is 5.75 Å². The highest BCUT2D eigenvalue weighted by molar-refractivity contribution is 7.12. The van der Waals surface area contributed by atoms with Crippen molar-refractivity contribution in [2.24, 2.45) is 0 Å². The van der Waals surface area contributed by atoms with Gasteiger partial charge in [-0.05, 0) is 46.8 Å². The molecular weight excluding hydrogens is 385 g/mol. The molecule has 1 heterocycles. The minimum absolute atomic E-state index is 0.181. The normalized spacial score (nSPS) is 10.5. The summed E-state index contributed by atoms with van der Waals surface area (Å²) in [6.07, 6.45) is 0. The minimum atomic E-state index is -0.403. The maximum Gasteiger partial charge on any atom is 0.265 e. The number of carbonyl (C=O) groups excluding carboxylic acids is 1. The molecule has 0 radical (unpaired) electrons.